The van der Waals surface area contributed by atoms with Crippen LogP contribution >= 0.6 is 23.2 Å². The number of carbonyl (C=O) groups is 5. The second-order valence-electron chi connectivity index (χ2n) is 25.4. The van der Waals surface area contributed by atoms with Crippen LogP contribution < -0.4 is 38.2 Å². The average molecular weight is 1440 g/mol. The van der Waals surface area contributed by atoms with Gasteiger partial charge in [0.25, 0.3) is 29.5 Å². The van der Waals surface area contributed by atoms with E-state index < -0.39 is 67.9 Å². The number of anilines is 2. The van der Waals surface area contributed by atoms with Crippen molar-refractivity contribution >= 4 is 113 Å². The van der Waals surface area contributed by atoms with Crippen LogP contribution in [0.2, 0.25) is 61.4 Å². The van der Waals surface area contributed by atoms with E-state index in [1.165, 1.54) is 50.4 Å². The van der Waals surface area contributed by atoms with Crippen molar-refractivity contribution in [1.82, 2.24) is 14.7 Å². The van der Waals surface area contributed by atoms with Crippen molar-refractivity contribution < 1.29 is 87.6 Å². The van der Waals surface area contributed by atoms with Gasteiger partial charge in [-0.2, -0.15) is 21.6 Å². The summed E-state index contributed by atoms with van der Waals surface area (Å²) in [5.41, 5.74) is 0.324. The summed E-state index contributed by atoms with van der Waals surface area (Å²) in [6.07, 6.45) is 6.81. The summed E-state index contributed by atoms with van der Waals surface area (Å²) in [4.78, 5) is 79.0. The molecule has 6 heterocycles. The fraction of sp³-hybridized carbons (Fsp3) is 0.373. The summed E-state index contributed by atoms with van der Waals surface area (Å²) in [6, 6.07) is 24.2. The molecule has 30 heteroatoms. The molecule has 0 bridgehead atoms. The molecule has 0 saturated heterocycles. The van der Waals surface area contributed by atoms with Gasteiger partial charge in [-0.15, -0.1) is 0 Å². The Balaban J connectivity index is 0.000000173. The van der Waals surface area contributed by atoms with E-state index >= 15 is 0 Å². The first-order valence-electron chi connectivity index (χ1n) is 30.6. The maximum Gasteiger partial charge on any atom is 0.534 e. The van der Waals surface area contributed by atoms with Crippen LogP contribution in [0, 0.1) is 0 Å². The Hall–Kier alpha value is -8.39. The number of hydrogen-bond donors (Lipinski definition) is 0. The first kappa shape index (κ1) is 72.9. The van der Waals surface area contributed by atoms with Crippen LogP contribution in [0.5, 0.6) is 34.5 Å². The monoisotopic (exact) mass is 1430 g/mol. The summed E-state index contributed by atoms with van der Waals surface area (Å²) in [5.74, 6) is -0.385. The van der Waals surface area contributed by atoms with Crippen molar-refractivity contribution in [2.45, 2.75) is 94.3 Å². The highest BCUT2D eigenvalue weighted by Crippen LogP contribution is 2.45. The van der Waals surface area contributed by atoms with E-state index in [4.69, 9.17) is 61.1 Å². The van der Waals surface area contributed by atoms with Gasteiger partial charge in [-0.25, -0.2) is 0 Å². The SMILES string of the molecule is COc1cc2c(cc1OC)C(=O)N1C=C(c3ccc(Cl)cc3)C[C@H]1C=N2.COc1cc2c(cc1OC)N(COCC[Si](C)(C)C)C(=O)[C@@H]1CC(OS(=O)(=O)C(F)(F)F)=CN1C2=O.COc1cc2c(cc1OC)N(COCC[Si](C)(C)C)C(=O)[C@@H]1CC(c3ccc(Cl)cc3)=CN1C2=O. The van der Waals surface area contributed by atoms with Crippen molar-refractivity contribution in [2.75, 3.05) is 79.1 Å². The fourth-order valence-electron chi connectivity index (χ4n) is 11.1. The summed E-state index contributed by atoms with van der Waals surface area (Å²) in [5, 5.41) is 1.32. The van der Waals surface area contributed by atoms with E-state index in [9.17, 15) is 45.6 Å². The lowest BCUT2D eigenvalue weighted by Gasteiger charge is -2.26. The van der Waals surface area contributed by atoms with Crippen LogP contribution in [0.15, 0.2) is 114 Å². The Kier molecular flexibility index (Phi) is 22.4. The third-order valence-electron chi connectivity index (χ3n) is 16.5. The molecule has 0 unspecified atom stereocenters. The molecule has 0 N–H and O–H groups in total. The lowest BCUT2D eigenvalue weighted by molar-refractivity contribution is -0.123. The van der Waals surface area contributed by atoms with Gasteiger partial charge in [-0.3, -0.25) is 43.7 Å². The van der Waals surface area contributed by atoms with Crippen molar-refractivity contribution in [3.05, 3.63) is 147 Å². The van der Waals surface area contributed by atoms with Crippen LogP contribution in [-0.2, 0) is 33.4 Å². The van der Waals surface area contributed by atoms with Crippen molar-refractivity contribution in [3.8, 4) is 34.5 Å². The largest absolute Gasteiger partial charge is 0.534 e. The lowest BCUT2D eigenvalue weighted by Crippen LogP contribution is -2.45. The zero-order chi connectivity index (χ0) is 70.6. The number of fused-ring (bicyclic) bond motifs is 6. The standard InChI is InChI=1S/C26H31ClN2O5Si.C21H27F3N2O8SSi.C20H17ClN2O3/c1-32-23-13-20-21(14-24(23)33-2)29(16-34-10-11-35(3,4)5)26(31)22-12-18(15-28(22)25(20)30)17-6-8-19(27)9-7-17;1-31-17-9-14-15(10-18(17)32-2)26(12-33-6-7-36(3,4)5)20(28)16-8-13(11-25(16)19(14)27)34-35(29,30)21(22,23)24;1-25-18-8-16-17(9-19(18)26-2)22-10-15-7-13(11-23(15)20(16)24)12-3-5-14(21)6-4-12/h6-9,13-15,22H,10-12,16H2,1-5H3;9-11,16H,6-8,12H2,1-5H3;3-6,8-11,15H,7H2,1-2H3/t22-;16-;15-/m000/s1. The normalized spacial score (nSPS) is 18.1. The maximum atomic E-state index is 13.8. The molecule has 0 aliphatic carbocycles. The maximum absolute atomic E-state index is 13.8. The van der Waals surface area contributed by atoms with Gasteiger partial charge in [0.05, 0.1) is 82.5 Å². The molecule has 3 atom stereocenters. The van der Waals surface area contributed by atoms with E-state index in [2.05, 4.69) is 48.5 Å². The third-order valence-corrected chi connectivity index (χ3v) is 21.4. The Morgan fingerprint density at radius 1 is 0.515 bits per heavy atom. The Morgan fingerprint density at radius 3 is 1.33 bits per heavy atom. The van der Waals surface area contributed by atoms with Gasteiger partial charge in [-0.05, 0) is 76.8 Å². The van der Waals surface area contributed by atoms with Crippen LogP contribution in [0.25, 0.3) is 11.1 Å². The van der Waals surface area contributed by atoms with Crippen LogP contribution in [0.3, 0.4) is 0 Å². The molecule has 0 saturated carbocycles. The Bertz CT molecular complexity index is 4110. The number of benzene rings is 5. The molecule has 22 nitrogen and oxygen atoms in total. The minimum Gasteiger partial charge on any atom is -0.493 e. The molecule has 5 aromatic rings. The summed E-state index contributed by atoms with van der Waals surface area (Å²) in [7, 11) is 0.152. The van der Waals surface area contributed by atoms with Gasteiger partial charge >= 0.3 is 15.6 Å². The third kappa shape index (κ3) is 16.3. The number of nitrogens with zero attached hydrogens (tertiary/aromatic N) is 6. The van der Waals surface area contributed by atoms with Gasteiger partial charge in [-0.1, -0.05) is 86.7 Å². The number of carbonyl (C=O) groups excluding carboxylic acids is 5. The number of ether oxygens (including phenoxy) is 8. The molecule has 0 radical (unpaired) electrons. The van der Waals surface area contributed by atoms with Crippen LogP contribution in [-0.4, -0.2) is 168 Å². The second-order valence-corrected chi connectivity index (χ2v) is 39.1. The van der Waals surface area contributed by atoms with Crippen LogP contribution in [0.4, 0.5) is 30.2 Å². The highest BCUT2D eigenvalue weighted by atomic mass is 35.5. The number of amides is 5. The molecule has 97 heavy (non-hydrogen) atoms. The zero-order valence-electron chi connectivity index (χ0n) is 55.5. The number of halogens is 5. The molecule has 518 valence electrons. The highest BCUT2D eigenvalue weighted by molar-refractivity contribution is 7.87. The van der Waals surface area contributed by atoms with E-state index in [1.807, 2.05) is 48.8 Å². The molecular weight excluding hydrogens is 1360 g/mol. The molecule has 5 aromatic carbocycles. The van der Waals surface area contributed by atoms with E-state index in [0.29, 0.717) is 81.6 Å². The van der Waals surface area contributed by atoms with Crippen molar-refractivity contribution in [3.63, 3.8) is 0 Å². The van der Waals surface area contributed by atoms with Crippen molar-refractivity contribution in [1.29, 1.82) is 0 Å². The van der Waals surface area contributed by atoms with E-state index in [0.717, 1.165) is 45.5 Å². The number of rotatable bonds is 20. The van der Waals surface area contributed by atoms with E-state index in [1.54, 1.807) is 66.6 Å². The summed E-state index contributed by atoms with van der Waals surface area (Å²) in [6.45, 7) is 14.0. The minimum atomic E-state index is -5.98. The quantitative estimate of drug-likeness (QED) is 0.0305. The molecule has 11 rings (SSSR count). The van der Waals surface area contributed by atoms with Gasteiger partial charge in [0.15, 0.2) is 34.5 Å². The molecule has 0 fully saturated rings. The topological polar surface area (TPSA) is 231 Å². The van der Waals surface area contributed by atoms with E-state index in [-0.39, 0.29) is 60.0 Å². The predicted octanol–water partition coefficient (Wildman–Crippen LogP) is 12.9. The zero-order valence-corrected chi connectivity index (χ0v) is 59.8. The second kappa shape index (κ2) is 29.8. The highest BCUT2D eigenvalue weighted by Gasteiger charge is 2.52. The molecule has 6 aliphatic heterocycles. The first-order valence-corrected chi connectivity index (χ1v) is 40.1. The van der Waals surface area contributed by atoms with Crippen molar-refractivity contribution in [2.24, 2.45) is 4.99 Å². The Labute approximate surface area is 572 Å². The number of alkyl halides is 3. The van der Waals surface area contributed by atoms with Gasteiger partial charge in [0, 0.05) is 102 Å². The smallest absolute Gasteiger partial charge is 0.493 e. The minimum absolute atomic E-state index is 0.0199. The van der Waals surface area contributed by atoms with Gasteiger partial charge in [0.2, 0.25) is 0 Å². The summed E-state index contributed by atoms with van der Waals surface area (Å²) >= 11 is 12.0. The van der Waals surface area contributed by atoms with Gasteiger partial charge < -0.3 is 51.9 Å². The Morgan fingerprint density at radius 2 is 0.897 bits per heavy atom. The number of aliphatic imine (C=N–C) groups is 1. The molecule has 0 aromatic heterocycles. The summed E-state index contributed by atoms with van der Waals surface area (Å²) < 4.78 is 109. The number of hydrogen-bond acceptors (Lipinski definition) is 17. The molecule has 5 amide bonds. The van der Waals surface area contributed by atoms with Gasteiger partial charge in [0.1, 0.15) is 31.3 Å². The first-order chi connectivity index (χ1) is 45.8. The molecular formula is C67H75Cl2F3N6O16SSi2. The predicted molar refractivity (Wildman–Crippen MR) is 366 cm³/mol. The number of methoxy groups -OCH3 is 6. The fourth-order valence-corrected chi connectivity index (χ4v) is 13.4. The molecule has 6 aliphatic rings. The average Bonchev–Trinajstić information content (AvgIpc) is 1.63. The van der Waals surface area contributed by atoms with Crippen LogP contribution in [0.1, 0.15) is 61.5 Å². The molecule has 0 spiro atoms. The lowest BCUT2D eigenvalue weighted by atomic mass is 10.0.